The Hall–Kier alpha value is -0.810. The first-order valence-electron chi connectivity index (χ1n) is 27.6. The molecule has 0 amide bonds. The van der Waals surface area contributed by atoms with E-state index in [2.05, 4.69) is 13.8 Å². The fraction of sp³-hybridized carbons (Fsp3) is 0.981. The van der Waals surface area contributed by atoms with Crippen LogP contribution >= 0.6 is 0 Å². The SMILES string of the molecule is CCCCCCCCCCCCCCCCCCCCCCCCCC(=O)OC(COCCCCCCCCCCCCCCCCCCC)COC1OC(CO)C(O)C(O)C1O. The molecule has 4 N–H and O–H groups in total. The second-order valence-electron chi connectivity index (χ2n) is 19.4. The van der Waals surface area contributed by atoms with E-state index in [1.165, 1.54) is 225 Å². The molecule has 0 aromatic heterocycles. The molecule has 0 aromatic carbocycles. The number of aliphatic hydroxyl groups excluding tert-OH is 4. The molecule has 1 saturated heterocycles. The van der Waals surface area contributed by atoms with Gasteiger partial charge in [-0.15, -0.1) is 0 Å². The number of hydrogen-bond donors (Lipinski definition) is 4. The normalized spacial score (nSPS) is 19.5. The molecule has 0 radical (unpaired) electrons. The molecular weight excluding hydrogens is 793 g/mol. The molecule has 1 heterocycles. The third-order valence-electron chi connectivity index (χ3n) is 13.3. The van der Waals surface area contributed by atoms with Crippen molar-refractivity contribution in [1.29, 1.82) is 0 Å². The average molecular weight is 899 g/mol. The number of ether oxygens (including phenoxy) is 4. The van der Waals surface area contributed by atoms with Gasteiger partial charge >= 0.3 is 5.97 Å². The lowest BCUT2D eigenvalue weighted by atomic mass is 9.99. The average Bonchev–Trinajstić information content (AvgIpc) is 3.28. The molecule has 0 aliphatic carbocycles. The predicted molar refractivity (Wildman–Crippen MR) is 261 cm³/mol. The molecule has 1 aliphatic rings. The molecule has 63 heavy (non-hydrogen) atoms. The molecule has 9 heteroatoms. The number of aliphatic hydroxyl groups is 4. The maximum absolute atomic E-state index is 12.9. The highest BCUT2D eigenvalue weighted by molar-refractivity contribution is 5.69. The van der Waals surface area contributed by atoms with Crippen LogP contribution in [0.25, 0.3) is 0 Å². The summed E-state index contributed by atoms with van der Waals surface area (Å²) in [4.78, 5) is 12.9. The quantitative estimate of drug-likeness (QED) is 0.0348. The van der Waals surface area contributed by atoms with Gasteiger partial charge in [-0.25, -0.2) is 0 Å². The fourth-order valence-corrected chi connectivity index (χ4v) is 8.97. The Kier molecular flexibility index (Phi) is 44.3. The highest BCUT2D eigenvalue weighted by atomic mass is 16.7. The van der Waals surface area contributed by atoms with Crippen molar-refractivity contribution >= 4 is 5.97 Å². The van der Waals surface area contributed by atoms with Crippen molar-refractivity contribution < 1.29 is 44.2 Å². The molecule has 1 aliphatic heterocycles. The first kappa shape index (κ1) is 60.2. The zero-order valence-corrected chi connectivity index (χ0v) is 41.6. The molecule has 6 atom stereocenters. The van der Waals surface area contributed by atoms with E-state index in [1.807, 2.05) is 0 Å². The number of carbonyl (C=O) groups is 1. The van der Waals surface area contributed by atoms with Crippen molar-refractivity contribution in [2.24, 2.45) is 0 Å². The Balaban J connectivity index is 2.14. The Morgan fingerprint density at radius 2 is 0.778 bits per heavy atom. The van der Waals surface area contributed by atoms with E-state index >= 15 is 0 Å². The van der Waals surface area contributed by atoms with E-state index in [0.717, 1.165) is 32.1 Å². The van der Waals surface area contributed by atoms with Crippen molar-refractivity contribution in [1.82, 2.24) is 0 Å². The number of hydrogen-bond acceptors (Lipinski definition) is 9. The van der Waals surface area contributed by atoms with Crippen LogP contribution < -0.4 is 0 Å². The van der Waals surface area contributed by atoms with Gasteiger partial charge in [0.05, 0.1) is 19.8 Å². The van der Waals surface area contributed by atoms with Crippen LogP contribution in [0.3, 0.4) is 0 Å². The van der Waals surface area contributed by atoms with Crippen LogP contribution in [0.4, 0.5) is 0 Å². The molecule has 0 spiro atoms. The monoisotopic (exact) mass is 899 g/mol. The third-order valence-corrected chi connectivity index (χ3v) is 13.3. The lowest BCUT2D eigenvalue weighted by molar-refractivity contribution is -0.305. The summed E-state index contributed by atoms with van der Waals surface area (Å²) < 4.78 is 23.0. The van der Waals surface area contributed by atoms with Crippen molar-refractivity contribution in [3.63, 3.8) is 0 Å². The van der Waals surface area contributed by atoms with Gasteiger partial charge in [-0.05, 0) is 12.8 Å². The van der Waals surface area contributed by atoms with Crippen LogP contribution in [0.1, 0.15) is 277 Å². The van der Waals surface area contributed by atoms with E-state index < -0.39 is 43.4 Å². The summed E-state index contributed by atoms with van der Waals surface area (Å²) in [6, 6.07) is 0. The topological polar surface area (TPSA) is 135 Å². The first-order valence-corrected chi connectivity index (χ1v) is 27.6. The standard InChI is InChI=1S/C54H106O9/c1-3-5-7-9-11-13-15-17-19-21-22-23-24-25-26-27-29-31-33-35-37-39-41-43-50(56)62-48(47-61-54-53(59)52(58)51(57)49(45-55)63-54)46-60-44-42-40-38-36-34-32-30-28-20-18-16-14-12-10-8-6-4-2/h48-49,51-55,57-59H,3-47H2,1-2H3. The van der Waals surface area contributed by atoms with Crippen molar-refractivity contribution in [2.75, 3.05) is 26.4 Å². The molecule has 6 unspecified atom stereocenters. The minimum atomic E-state index is -1.53. The smallest absolute Gasteiger partial charge is 0.306 e. The maximum Gasteiger partial charge on any atom is 0.306 e. The first-order chi connectivity index (χ1) is 30.9. The Morgan fingerprint density at radius 3 is 1.13 bits per heavy atom. The van der Waals surface area contributed by atoms with Gasteiger partial charge in [0.2, 0.25) is 0 Å². The summed E-state index contributed by atoms with van der Waals surface area (Å²) in [6.07, 6.45) is 45.7. The van der Waals surface area contributed by atoms with Crippen LogP contribution in [0.5, 0.6) is 0 Å². The predicted octanol–water partition coefficient (Wildman–Crippen LogP) is 13.8. The van der Waals surface area contributed by atoms with E-state index in [4.69, 9.17) is 18.9 Å². The summed E-state index contributed by atoms with van der Waals surface area (Å²) in [7, 11) is 0. The van der Waals surface area contributed by atoms with Crippen LogP contribution in [0.2, 0.25) is 0 Å². The van der Waals surface area contributed by atoms with Crippen molar-refractivity contribution in [2.45, 2.75) is 314 Å². The molecule has 376 valence electrons. The molecule has 1 rings (SSSR count). The Bertz CT molecular complexity index is 935. The van der Waals surface area contributed by atoms with E-state index in [9.17, 15) is 25.2 Å². The van der Waals surface area contributed by atoms with Gasteiger partial charge in [0.1, 0.15) is 30.5 Å². The zero-order chi connectivity index (χ0) is 45.7. The zero-order valence-electron chi connectivity index (χ0n) is 41.6. The molecule has 1 fully saturated rings. The summed E-state index contributed by atoms with van der Waals surface area (Å²) in [5.41, 5.74) is 0. The maximum atomic E-state index is 12.9. The lowest BCUT2D eigenvalue weighted by Crippen LogP contribution is -2.59. The van der Waals surface area contributed by atoms with Crippen molar-refractivity contribution in [3.05, 3.63) is 0 Å². The Labute approximate surface area is 389 Å². The molecule has 0 saturated carbocycles. The summed E-state index contributed by atoms with van der Waals surface area (Å²) in [6.45, 7) is 4.64. The summed E-state index contributed by atoms with van der Waals surface area (Å²) in [5, 5.41) is 40.3. The molecule has 0 bridgehead atoms. The van der Waals surface area contributed by atoms with Gasteiger partial charge in [-0.3, -0.25) is 4.79 Å². The molecular formula is C54H106O9. The summed E-state index contributed by atoms with van der Waals surface area (Å²) >= 11 is 0. The van der Waals surface area contributed by atoms with E-state index in [0.29, 0.717) is 13.0 Å². The van der Waals surface area contributed by atoms with Gasteiger partial charge in [0.25, 0.3) is 0 Å². The minimum absolute atomic E-state index is 0.104. The summed E-state index contributed by atoms with van der Waals surface area (Å²) in [5.74, 6) is -0.303. The van der Waals surface area contributed by atoms with Gasteiger partial charge < -0.3 is 39.4 Å². The second kappa shape index (κ2) is 46.3. The van der Waals surface area contributed by atoms with Crippen molar-refractivity contribution in [3.8, 4) is 0 Å². The lowest BCUT2D eigenvalue weighted by Gasteiger charge is -2.39. The highest BCUT2D eigenvalue weighted by Gasteiger charge is 2.44. The van der Waals surface area contributed by atoms with Gasteiger partial charge in [-0.1, -0.05) is 258 Å². The van der Waals surface area contributed by atoms with Crippen LogP contribution in [0.15, 0.2) is 0 Å². The van der Waals surface area contributed by atoms with E-state index in [-0.39, 0.29) is 19.2 Å². The second-order valence-corrected chi connectivity index (χ2v) is 19.4. The Morgan fingerprint density at radius 1 is 0.444 bits per heavy atom. The number of carbonyl (C=O) groups excluding carboxylic acids is 1. The van der Waals surface area contributed by atoms with Crippen LogP contribution in [-0.4, -0.2) is 89.6 Å². The number of unbranched alkanes of at least 4 members (excludes halogenated alkanes) is 38. The van der Waals surface area contributed by atoms with Gasteiger partial charge in [0.15, 0.2) is 6.29 Å². The van der Waals surface area contributed by atoms with Gasteiger partial charge in [-0.2, -0.15) is 0 Å². The van der Waals surface area contributed by atoms with E-state index in [1.54, 1.807) is 0 Å². The van der Waals surface area contributed by atoms with Crippen LogP contribution in [0, 0.1) is 0 Å². The minimum Gasteiger partial charge on any atom is -0.457 e. The van der Waals surface area contributed by atoms with Crippen LogP contribution in [-0.2, 0) is 23.7 Å². The highest BCUT2D eigenvalue weighted by Crippen LogP contribution is 2.23. The van der Waals surface area contributed by atoms with Gasteiger partial charge in [0, 0.05) is 13.0 Å². The molecule has 9 nitrogen and oxygen atoms in total. The third kappa shape index (κ3) is 36.9. The fourth-order valence-electron chi connectivity index (χ4n) is 8.97. The molecule has 0 aromatic rings. The number of esters is 1. The largest absolute Gasteiger partial charge is 0.457 e. The number of rotatable bonds is 49.